The number of hydrogen-bond donors (Lipinski definition) is 1. The molecule has 1 N–H and O–H groups in total. The second kappa shape index (κ2) is 4.74. The van der Waals surface area contributed by atoms with Gasteiger partial charge in [-0.1, -0.05) is 13.8 Å². The summed E-state index contributed by atoms with van der Waals surface area (Å²) in [5.74, 6) is 1.81. The number of amides is 1. The first-order chi connectivity index (χ1) is 7.58. The molecule has 3 atom stereocenters. The predicted octanol–water partition coefficient (Wildman–Crippen LogP) is 1.65. The Labute approximate surface area is 97.8 Å². The Morgan fingerprint density at radius 1 is 1.38 bits per heavy atom. The van der Waals surface area contributed by atoms with Crippen molar-refractivity contribution < 1.29 is 9.90 Å². The lowest BCUT2D eigenvalue weighted by Gasteiger charge is -2.18. The number of carbonyl (C=O) groups is 1. The molecule has 92 valence electrons. The van der Waals surface area contributed by atoms with Gasteiger partial charge in [-0.05, 0) is 31.1 Å². The smallest absolute Gasteiger partial charge is 0.222 e. The Bertz CT molecular complexity index is 265. The van der Waals surface area contributed by atoms with E-state index in [2.05, 4.69) is 13.8 Å². The molecule has 3 nitrogen and oxygen atoms in total. The molecule has 1 heterocycles. The van der Waals surface area contributed by atoms with Crippen LogP contribution in [0.4, 0.5) is 0 Å². The van der Waals surface area contributed by atoms with Gasteiger partial charge in [-0.15, -0.1) is 0 Å². The maximum atomic E-state index is 11.9. The molecule has 0 bridgehead atoms. The molecule has 0 aromatic heterocycles. The van der Waals surface area contributed by atoms with E-state index in [1.807, 2.05) is 4.90 Å². The summed E-state index contributed by atoms with van der Waals surface area (Å²) >= 11 is 0. The van der Waals surface area contributed by atoms with Gasteiger partial charge in [0, 0.05) is 25.4 Å². The first kappa shape index (κ1) is 11.9. The van der Waals surface area contributed by atoms with Crippen LogP contribution in [0.5, 0.6) is 0 Å². The number of carbonyl (C=O) groups excluding carboxylic acids is 1. The third kappa shape index (κ3) is 2.40. The molecule has 1 aliphatic carbocycles. The fourth-order valence-corrected chi connectivity index (χ4v) is 3.01. The van der Waals surface area contributed by atoms with E-state index in [9.17, 15) is 9.90 Å². The van der Waals surface area contributed by atoms with E-state index < -0.39 is 0 Å². The van der Waals surface area contributed by atoms with Gasteiger partial charge in [0.2, 0.25) is 5.91 Å². The van der Waals surface area contributed by atoms with Crippen LogP contribution >= 0.6 is 0 Å². The molecule has 0 aromatic carbocycles. The van der Waals surface area contributed by atoms with E-state index in [1.54, 1.807) is 0 Å². The Kier molecular flexibility index (Phi) is 3.53. The average Bonchev–Trinajstić information content (AvgIpc) is 2.78. The van der Waals surface area contributed by atoms with Gasteiger partial charge in [-0.25, -0.2) is 0 Å². The quantitative estimate of drug-likeness (QED) is 0.793. The van der Waals surface area contributed by atoms with E-state index in [4.69, 9.17) is 0 Å². The summed E-state index contributed by atoms with van der Waals surface area (Å²) in [4.78, 5) is 13.9. The molecule has 2 fully saturated rings. The fourth-order valence-electron chi connectivity index (χ4n) is 3.01. The molecule has 16 heavy (non-hydrogen) atoms. The molecule has 2 aliphatic rings. The Balaban J connectivity index is 1.82. The monoisotopic (exact) mass is 225 g/mol. The largest absolute Gasteiger partial charge is 0.393 e. The van der Waals surface area contributed by atoms with Crippen molar-refractivity contribution in [3.05, 3.63) is 0 Å². The maximum absolute atomic E-state index is 11.9. The molecule has 1 saturated heterocycles. The van der Waals surface area contributed by atoms with E-state index >= 15 is 0 Å². The molecule has 1 aliphatic heterocycles. The van der Waals surface area contributed by atoms with Gasteiger partial charge in [0.05, 0.1) is 6.10 Å². The lowest BCUT2D eigenvalue weighted by atomic mass is 10.00. The number of aliphatic hydroxyl groups excluding tert-OH is 1. The van der Waals surface area contributed by atoms with Gasteiger partial charge >= 0.3 is 0 Å². The number of fused-ring (bicyclic) bond motifs is 1. The minimum atomic E-state index is -0.159. The topological polar surface area (TPSA) is 40.5 Å². The van der Waals surface area contributed by atoms with Crippen molar-refractivity contribution in [1.82, 2.24) is 4.90 Å². The van der Waals surface area contributed by atoms with Crippen molar-refractivity contribution in [2.75, 3.05) is 13.1 Å². The van der Waals surface area contributed by atoms with Crippen molar-refractivity contribution in [1.29, 1.82) is 0 Å². The highest BCUT2D eigenvalue weighted by atomic mass is 16.3. The standard InChI is InChI=1S/C13H23NO2/c1-9(2)3-6-13(16)14-7-10-4-5-12(15)11(10)8-14/h9-12,15H,3-8H2,1-2H3/t10-,11+,12-/m0/s1. The van der Waals surface area contributed by atoms with Crippen LogP contribution in [0.25, 0.3) is 0 Å². The van der Waals surface area contributed by atoms with Crippen LogP contribution in [0, 0.1) is 17.8 Å². The van der Waals surface area contributed by atoms with Crippen molar-refractivity contribution in [3.63, 3.8) is 0 Å². The third-order valence-corrected chi connectivity index (χ3v) is 4.11. The van der Waals surface area contributed by atoms with Crippen molar-refractivity contribution in [2.24, 2.45) is 17.8 Å². The van der Waals surface area contributed by atoms with Crippen LogP contribution < -0.4 is 0 Å². The van der Waals surface area contributed by atoms with Crippen LogP contribution in [-0.2, 0) is 4.79 Å². The lowest BCUT2D eigenvalue weighted by molar-refractivity contribution is -0.130. The molecule has 2 rings (SSSR count). The normalized spacial score (nSPS) is 33.5. The summed E-state index contributed by atoms with van der Waals surface area (Å²) in [6.07, 6.45) is 3.52. The Hall–Kier alpha value is -0.570. The van der Waals surface area contributed by atoms with E-state index in [1.165, 1.54) is 0 Å². The minimum absolute atomic E-state index is 0.159. The van der Waals surface area contributed by atoms with Crippen molar-refractivity contribution >= 4 is 5.91 Å². The average molecular weight is 225 g/mol. The molecule has 0 aromatic rings. The van der Waals surface area contributed by atoms with Gasteiger partial charge in [-0.2, -0.15) is 0 Å². The number of aliphatic hydroxyl groups is 1. The second-order valence-electron chi connectivity index (χ2n) is 5.80. The first-order valence-corrected chi connectivity index (χ1v) is 6.53. The summed E-state index contributed by atoms with van der Waals surface area (Å²) in [6, 6.07) is 0. The fraction of sp³-hybridized carbons (Fsp3) is 0.923. The van der Waals surface area contributed by atoms with Crippen molar-refractivity contribution in [2.45, 2.75) is 45.6 Å². The SMILES string of the molecule is CC(C)CCC(=O)N1C[C@@H]2CC[C@H](O)[C@@H]2C1. The molecule has 1 saturated carbocycles. The van der Waals surface area contributed by atoms with Gasteiger partial charge in [0.1, 0.15) is 0 Å². The zero-order valence-corrected chi connectivity index (χ0v) is 10.4. The molecular formula is C13H23NO2. The van der Waals surface area contributed by atoms with Gasteiger partial charge < -0.3 is 10.0 Å². The maximum Gasteiger partial charge on any atom is 0.222 e. The molecular weight excluding hydrogens is 202 g/mol. The van der Waals surface area contributed by atoms with Crippen LogP contribution in [0.15, 0.2) is 0 Å². The molecule has 0 radical (unpaired) electrons. The predicted molar refractivity (Wildman–Crippen MR) is 62.9 cm³/mol. The number of likely N-dealkylation sites (tertiary alicyclic amines) is 1. The van der Waals surface area contributed by atoms with Crippen molar-refractivity contribution in [3.8, 4) is 0 Å². The molecule has 3 heteroatoms. The van der Waals surface area contributed by atoms with E-state index in [0.717, 1.165) is 32.4 Å². The summed E-state index contributed by atoms with van der Waals surface area (Å²) in [5.41, 5.74) is 0. The number of hydrogen-bond acceptors (Lipinski definition) is 2. The van der Waals surface area contributed by atoms with Gasteiger partial charge in [0.15, 0.2) is 0 Å². The molecule has 0 spiro atoms. The minimum Gasteiger partial charge on any atom is -0.393 e. The zero-order chi connectivity index (χ0) is 11.7. The first-order valence-electron chi connectivity index (χ1n) is 6.53. The number of nitrogens with zero attached hydrogens (tertiary/aromatic N) is 1. The Morgan fingerprint density at radius 3 is 2.75 bits per heavy atom. The van der Waals surface area contributed by atoms with E-state index in [0.29, 0.717) is 24.2 Å². The summed E-state index contributed by atoms with van der Waals surface area (Å²) in [6.45, 7) is 5.98. The summed E-state index contributed by atoms with van der Waals surface area (Å²) in [5, 5.41) is 9.78. The highest BCUT2D eigenvalue weighted by Gasteiger charge is 2.42. The number of rotatable bonds is 3. The van der Waals surface area contributed by atoms with Crippen LogP contribution in [0.3, 0.4) is 0 Å². The van der Waals surface area contributed by atoms with Gasteiger partial charge in [-0.3, -0.25) is 4.79 Å². The van der Waals surface area contributed by atoms with Crippen LogP contribution in [0.2, 0.25) is 0 Å². The highest BCUT2D eigenvalue weighted by molar-refractivity contribution is 5.76. The highest BCUT2D eigenvalue weighted by Crippen LogP contribution is 2.38. The second-order valence-corrected chi connectivity index (χ2v) is 5.80. The van der Waals surface area contributed by atoms with Gasteiger partial charge in [0.25, 0.3) is 0 Å². The lowest BCUT2D eigenvalue weighted by Crippen LogP contribution is -2.31. The Morgan fingerprint density at radius 2 is 2.12 bits per heavy atom. The van der Waals surface area contributed by atoms with Crippen LogP contribution in [-0.4, -0.2) is 35.1 Å². The summed E-state index contributed by atoms with van der Waals surface area (Å²) in [7, 11) is 0. The summed E-state index contributed by atoms with van der Waals surface area (Å²) < 4.78 is 0. The molecule has 1 amide bonds. The molecule has 0 unspecified atom stereocenters. The van der Waals surface area contributed by atoms with Crippen LogP contribution in [0.1, 0.15) is 39.5 Å². The van der Waals surface area contributed by atoms with E-state index in [-0.39, 0.29) is 12.0 Å². The third-order valence-electron chi connectivity index (χ3n) is 4.11. The zero-order valence-electron chi connectivity index (χ0n) is 10.4.